The predicted octanol–water partition coefficient (Wildman–Crippen LogP) is 5.10. The Hall–Kier alpha value is -3.54. The number of phenolic OH excluding ortho intramolecular Hbond substituents is 2. The Bertz CT molecular complexity index is 1000. The van der Waals surface area contributed by atoms with E-state index in [1.54, 1.807) is 30.4 Å². The van der Waals surface area contributed by atoms with Crippen molar-refractivity contribution >= 4 is 23.7 Å². The van der Waals surface area contributed by atoms with Gasteiger partial charge in [0.15, 0.2) is 34.6 Å². The average molecular weight is 439 g/mol. The average Bonchev–Trinajstić information content (AvgIpc) is 2.78. The van der Waals surface area contributed by atoms with Crippen molar-refractivity contribution in [3.8, 4) is 23.0 Å². The van der Waals surface area contributed by atoms with Crippen molar-refractivity contribution in [2.45, 2.75) is 39.0 Å². The molecule has 6 nitrogen and oxygen atoms in total. The third kappa shape index (κ3) is 7.30. The number of ether oxygens (including phenoxy) is 2. The van der Waals surface area contributed by atoms with Crippen LogP contribution in [0.25, 0.3) is 12.2 Å². The minimum atomic E-state index is -0.338. The van der Waals surface area contributed by atoms with E-state index in [1.807, 2.05) is 6.07 Å². The van der Waals surface area contributed by atoms with Crippen LogP contribution in [0.15, 0.2) is 42.5 Å². The lowest BCUT2D eigenvalue weighted by Crippen LogP contribution is -2.02. The number of aromatic hydroxyl groups is 2. The highest BCUT2D eigenvalue weighted by molar-refractivity contribution is 6.10. The van der Waals surface area contributed by atoms with E-state index in [4.69, 9.17) is 9.47 Å². The molecule has 0 atom stereocenters. The molecule has 0 heterocycles. The van der Waals surface area contributed by atoms with Crippen LogP contribution in [0.5, 0.6) is 23.0 Å². The molecule has 0 aliphatic heterocycles. The Morgan fingerprint density at radius 2 is 1.50 bits per heavy atom. The zero-order valence-corrected chi connectivity index (χ0v) is 18.8. The molecule has 0 saturated heterocycles. The van der Waals surface area contributed by atoms with E-state index in [0.29, 0.717) is 17.1 Å². The lowest BCUT2D eigenvalue weighted by Gasteiger charge is -2.10. The first kappa shape index (κ1) is 24.7. The second-order valence-electron chi connectivity index (χ2n) is 7.40. The van der Waals surface area contributed by atoms with Crippen LogP contribution in [0, 0.1) is 0 Å². The van der Waals surface area contributed by atoms with Gasteiger partial charge in [-0.2, -0.15) is 0 Å². The number of aryl methyl sites for hydroxylation is 1. The van der Waals surface area contributed by atoms with Gasteiger partial charge in [0.25, 0.3) is 0 Å². The van der Waals surface area contributed by atoms with Crippen molar-refractivity contribution in [3.63, 3.8) is 0 Å². The summed E-state index contributed by atoms with van der Waals surface area (Å²) in [4.78, 5) is 24.4. The second-order valence-corrected chi connectivity index (χ2v) is 7.40. The molecule has 0 amide bonds. The molecule has 170 valence electrons. The van der Waals surface area contributed by atoms with E-state index < -0.39 is 0 Å². The monoisotopic (exact) mass is 438 g/mol. The summed E-state index contributed by atoms with van der Waals surface area (Å²) in [7, 11) is 2.93. The summed E-state index contributed by atoms with van der Waals surface area (Å²) in [6, 6.07) is 8.19. The van der Waals surface area contributed by atoms with Gasteiger partial charge in [0, 0.05) is 0 Å². The summed E-state index contributed by atoms with van der Waals surface area (Å²) in [5.41, 5.74) is 2.16. The Labute approximate surface area is 188 Å². The fourth-order valence-corrected chi connectivity index (χ4v) is 3.16. The molecule has 2 aromatic rings. The Morgan fingerprint density at radius 1 is 0.875 bits per heavy atom. The number of hydrogen-bond donors (Lipinski definition) is 2. The lowest BCUT2D eigenvalue weighted by molar-refractivity contribution is -0.121. The molecule has 2 aromatic carbocycles. The smallest absolute Gasteiger partial charge is 0.163 e. The highest BCUT2D eigenvalue weighted by Gasteiger charge is 2.10. The zero-order valence-electron chi connectivity index (χ0n) is 18.8. The maximum atomic E-state index is 12.2. The lowest BCUT2D eigenvalue weighted by atomic mass is 10.0. The van der Waals surface area contributed by atoms with Crippen molar-refractivity contribution in [2.75, 3.05) is 14.2 Å². The highest BCUT2D eigenvalue weighted by atomic mass is 16.5. The van der Waals surface area contributed by atoms with Crippen LogP contribution in [-0.4, -0.2) is 36.0 Å². The van der Waals surface area contributed by atoms with E-state index in [1.165, 1.54) is 32.4 Å². The van der Waals surface area contributed by atoms with Gasteiger partial charge in [0.1, 0.15) is 0 Å². The fourth-order valence-electron chi connectivity index (χ4n) is 3.16. The molecule has 32 heavy (non-hydrogen) atoms. The topological polar surface area (TPSA) is 93.1 Å². The number of carbonyl (C=O) groups is 2. The summed E-state index contributed by atoms with van der Waals surface area (Å²) in [6.07, 6.45) is 9.42. The van der Waals surface area contributed by atoms with Crippen LogP contribution in [0.2, 0.25) is 0 Å². The summed E-state index contributed by atoms with van der Waals surface area (Å²) in [5.74, 6) is 0.123. The SMILES string of the molecule is CCCCCc1cc(/C=C/C(=O)CC(=O)/C=C/c2ccc(O)c(OC)c2)cc(OC)c1O. The maximum absolute atomic E-state index is 12.2. The molecule has 0 aromatic heterocycles. The standard InChI is InChI=1S/C26H30O6/c1-4-5-6-7-20-14-19(16-25(32-3)26(20)30)9-12-22(28)17-21(27)11-8-18-10-13-23(29)24(15-18)31-2/h8-16,29-30H,4-7,17H2,1-3H3/b11-8+,12-9+. The van der Waals surface area contributed by atoms with Gasteiger partial charge in [0.05, 0.1) is 20.6 Å². The quantitative estimate of drug-likeness (QED) is 0.272. The second kappa shape index (κ2) is 12.3. The number of methoxy groups -OCH3 is 2. The molecule has 0 radical (unpaired) electrons. The third-order valence-electron chi connectivity index (χ3n) is 4.92. The number of ketones is 2. The van der Waals surface area contributed by atoms with Crippen molar-refractivity contribution in [3.05, 3.63) is 59.2 Å². The number of hydrogen-bond acceptors (Lipinski definition) is 6. The van der Waals surface area contributed by atoms with E-state index >= 15 is 0 Å². The maximum Gasteiger partial charge on any atom is 0.163 e. The molecule has 2 rings (SSSR count). The number of rotatable bonds is 12. The molecule has 0 bridgehead atoms. The molecule has 0 spiro atoms. The van der Waals surface area contributed by atoms with E-state index in [9.17, 15) is 19.8 Å². The van der Waals surface area contributed by atoms with Gasteiger partial charge < -0.3 is 19.7 Å². The minimum absolute atomic E-state index is 0.00988. The van der Waals surface area contributed by atoms with Gasteiger partial charge >= 0.3 is 0 Å². The molecule has 2 N–H and O–H groups in total. The number of unbranched alkanes of at least 4 members (excludes halogenated alkanes) is 2. The molecular weight excluding hydrogens is 408 g/mol. The fraction of sp³-hybridized carbons (Fsp3) is 0.308. The van der Waals surface area contributed by atoms with Gasteiger partial charge in [-0.3, -0.25) is 9.59 Å². The van der Waals surface area contributed by atoms with Crippen LogP contribution < -0.4 is 9.47 Å². The summed E-state index contributed by atoms with van der Waals surface area (Å²) in [6.45, 7) is 2.11. The van der Waals surface area contributed by atoms with Crippen molar-refractivity contribution in [2.24, 2.45) is 0 Å². The summed E-state index contributed by atoms with van der Waals surface area (Å²) in [5, 5.41) is 19.9. The normalized spacial score (nSPS) is 11.2. The first-order valence-corrected chi connectivity index (χ1v) is 10.6. The zero-order chi connectivity index (χ0) is 23.5. The Balaban J connectivity index is 2.03. The minimum Gasteiger partial charge on any atom is -0.504 e. The van der Waals surface area contributed by atoms with Gasteiger partial charge in [-0.25, -0.2) is 0 Å². The Morgan fingerprint density at radius 3 is 2.12 bits per heavy atom. The number of carbonyl (C=O) groups excluding carboxylic acids is 2. The van der Waals surface area contributed by atoms with E-state index in [2.05, 4.69) is 6.92 Å². The summed E-state index contributed by atoms with van der Waals surface area (Å²) >= 11 is 0. The molecule has 0 aliphatic carbocycles. The van der Waals surface area contributed by atoms with Crippen molar-refractivity contribution in [1.82, 2.24) is 0 Å². The van der Waals surface area contributed by atoms with Gasteiger partial charge in [-0.05, 0) is 65.9 Å². The molecule has 0 saturated carbocycles. The van der Waals surface area contributed by atoms with Crippen LogP contribution in [0.4, 0.5) is 0 Å². The molecule has 0 unspecified atom stereocenters. The molecular formula is C26H30O6. The number of phenols is 2. The number of benzene rings is 2. The highest BCUT2D eigenvalue weighted by Crippen LogP contribution is 2.33. The van der Waals surface area contributed by atoms with Gasteiger partial charge in [-0.15, -0.1) is 0 Å². The summed E-state index contributed by atoms with van der Waals surface area (Å²) < 4.78 is 10.3. The molecule has 6 heteroatoms. The largest absolute Gasteiger partial charge is 0.504 e. The number of allylic oxidation sites excluding steroid dienone is 2. The Kier molecular flexibility index (Phi) is 9.54. The first-order valence-electron chi connectivity index (χ1n) is 10.6. The van der Waals surface area contributed by atoms with Crippen molar-refractivity contribution in [1.29, 1.82) is 0 Å². The van der Waals surface area contributed by atoms with Gasteiger partial charge in [-0.1, -0.05) is 38.0 Å². The van der Waals surface area contributed by atoms with E-state index in [-0.39, 0.29) is 29.5 Å². The van der Waals surface area contributed by atoms with Crippen LogP contribution >= 0.6 is 0 Å². The van der Waals surface area contributed by atoms with Crippen LogP contribution in [0.1, 0.15) is 49.3 Å². The van der Waals surface area contributed by atoms with Crippen molar-refractivity contribution < 1.29 is 29.3 Å². The first-order chi connectivity index (χ1) is 15.4. The van der Waals surface area contributed by atoms with E-state index in [0.717, 1.165) is 36.8 Å². The van der Waals surface area contributed by atoms with Crippen LogP contribution in [-0.2, 0) is 16.0 Å². The van der Waals surface area contributed by atoms with Crippen LogP contribution in [0.3, 0.4) is 0 Å². The van der Waals surface area contributed by atoms with Gasteiger partial charge in [0.2, 0.25) is 0 Å². The predicted molar refractivity (Wildman–Crippen MR) is 125 cm³/mol. The third-order valence-corrected chi connectivity index (χ3v) is 4.92. The molecule has 0 aliphatic rings. The molecule has 0 fully saturated rings.